The highest BCUT2D eigenvalue weighted by Gasteiger charge is 2.32. The number of piperidine rings is 1. The number of likely N-dealkylation sites (tertiary alicyclic amines) is 2. The van der Waals surface area contributed by atoms with Crippen LogP contribution in [-0.2, 0) is 4.79 Å². The number of amides is 3. The van der Waals surface area contributed by atoms with Gasteiger partial charge in [-0.3, -0.25) is 4.79 Å². The van der Waals surface area contributed by atoms with E-state index in [1.165, 1.54) is 12.8 Å². The summed E-state index contributed by atoms with van der Waals surface area (Å²) in [6, 6.07) is 0.271. The van der Waals surface area contributed by atoms with E-state index in [-0.39, 0.29) is 36.3 Å². The first-order chi connectivity index (χ1) is 10.6. The highest BCUT2D eigenvalue weighted by atomic mass is 35.5. The average Bonchev–Trinajstić information content (AvgIpc) is 3.26. The van der Waals surface area contributed by atoms with Crippen molar-refractivity contribution < 1.29 is 9.59 Å². The number of hydrogen-bond acceptors (Lipinski definition) is 3. The predicted octanol–water partition coefficient (Wildman–Crippen LogP) is 1.19. The zero-order valence-corrected chi connectivity index (χ0v) is 14.5. The molecule has 2 aliphatic heterocycles. The van der Waals surface area contributed by atoms with Gasteiger partial charge in [0.15, 0.2) is 0 Å². The van der Waals surface area contributed by atoms with Gasteiger partial charge in [-0.25, -0.2) is 4.79 Å². The van der Waals surface area contributed by atoms with Crippen LogP contribution in [0.2, 0.25) is 0 Å². The Hall–Kier alpha value is -1.01. The Morgan fingerprint density at radius 1 is 1.00 bits per heavy atom. The van der Waals surface area contributed by atoms with Crippen molar-refractivity contribution >= 4 is 24.3 Å². The molecule has 1 saturated carbocycles. The fourth-order valence-electron chi connectivity index (χ4n) is 3.50. The standard InChI is InChI=1S/C16H28N4O2.ClH/c17-14(12-3-4-12)11-18-15(21)13-5-9-20(10-6-13)16(22)19-7-1-2-8-19;/h12-14H,1-11,17H2,(H,18,21);1H. The molecule has 0 aromatic rings. The van der Waals surface area contributed by atoms with Gasteiger partial charge in [0.2, 0.25) is 5.91 Å². The molecule has 1 aliphatic carbocycles. The van der Waals surface area contributed by atoms with Gasteiger partial charge < -0.3 is 20.9 Å². The predicted molar refractivity (Wildman–Crippen MR) is 91.5 cm³/mol. The smallest absolute Gasteiger partial charge is 0.319 e. The molecule has 7 heteroatoms. The van der Waals surface area contributed by atoms with Crippen molar-refractivity contribution in [2.75, 3.05) is 32.7 Å². The van der Waals surface area contributed by atoms with Gasteiger partial charge in [0.1, 0.15) is 0 Å². The van der Waals surface area contributed by atoms with E-state index in [4.69, 9.17) is 5.73 Å². The maximum Gasteiger partial charge on any atom is 0.319 e. The number of halogens is 1. The molecule has 3 N–H and O–H groups in total. The van der Waals surface area contributed by atoms with E-state index < -0.39 is 0 Å². The third-order valence-electron chi connectivity index (χ3n) is 5.25. The molecule has 3 fully saturated rings. The Morgan fingerprint density at radius 2 is 1.57 bits per heavy atom. The van der Waals surface area contributed by atoms with E-state index in [9.17, 15) is 9.59 Å². The Morgan fingerprint density at radius 3 is 2.13 bits per heavy atom. The van der Waals surface area contributed by atoms with E-state index >= 15 is 0 Å². The summed E-state index contributed by atoms with van der Waals surface area (Å²) < 4.78 is 0. The average molecular weight is 345 g/mol. The molecular formula is C16H29ClN4O2. The summed E-state index contributed by atoms with van der Waals surface area (Å²) in [7, 11) is 0. The number of nitrogens with two attached hydrogens (primary N) is 1. The first-order valence-corrected chi connectivity index (χ1v) is 8.72. The van der Waals surface area contributed by atoms with Crippen molar-refractivity contribution in [1.29, 1.82) is 0 Å². The summed E-state index contributed by atoms with van der Waals surface area (Å²) in [6.45, 7) is 3.76. The van der Waals surface area contributed by atoms with E-state index in [1.54, 1.807) is 0 Å². The van der Waals surface area contributed by atoms with Gasteiger partial charge >= 0.3 is 6.03 Å². The van der Waals surface area contributed by atoms with Crippen LogP contribution in [0.5, 0.6) is 0 Å². The molecule has 23 heavy (non-hydrogen) atoms. The van der Waals surface area contributed by atoms with Gasteiger partial charge in [-0.1, -0.05) is 0 Å². The number of hydrogen-bond donors (Lipinski definition) is 2. The lowest BCUT2D eigenvalue weighted by molar-refractivity contribution is -0.126. The van der Waals surface area contributed by atoms with Crippen LogP contribution in [0, 0.1) is 11.8 Å². The molecule has 1 atom stereocenters. The largest absolute Gasteiger partial charge is 0.354 e. The summed E-state index contributed by atoms with van der Waals surface area (Å²) in [5, 5.41) is 2.99. The lowest BCUT2D eigenvalue weighted by atomic mass is 9.96. The van der Waals surface area contributed by atoms with Crippen LogP contribution < -0.4 is 11.1 Å². The molecule has 0 radical (unpaired) electrons. The second-order valence-corrected chi connectivity index (χ2v) is 6.98. The molecule has 3 amide bonds. The quantitative estimate of drug-likeness (QED) is 0.804. The van der Waals surface area contributed by atoms with Gasteiger partial charge in [-0.05, 0) is 44.4 Å². The fourth-order valence-corrected chi connectivity index (χ4v) is 3.50. The van der Waals surface area contributed by atoms with Crippen LogP contribution in [0.3, 0.4) is 0 Å². The van der Waals surface area contributed by atoms with Crippen molar-refractivity contribution in [3.63, 3.8) is 0 Å². The van der Waals surface area contributed by atoms with Crippen LogP contribution in [0.4, 0.5) is 4.79 Å². The van der Waals surface area contributed by atoms with Crippen molar-refractivity contribution in [3.05, 3.63) is 0 Å². The summed E-state index contributed by atoms with van der Waals surface area (Å²) in [4.78, 5) is 28.4. The van der Waals surface area contributed by atoms with Crippen molar-refractivity contribution in [3.8, 4) is 0 Å². The molecule has 0 bridgehead atoms. The zero-order valence-electron chi connectivity index (χ0n) is 13.7. The highest BCUT2D eigenvalue weighted by molar-refractivity contribution is 5.85. The third-order valence-corrected chi connectivity index (χ3v) is 5.25. The summed E-state index contributed by atoms with van der Waals surface area (Å²) >= 11 is 0. The van der Waals surface area contributed by atoms with E-state index in [2.05, 4.69) is 5.32 Å². The van der Waals surface area contributed by atoms with Crippen LogP contribution in [0.1, 0.15) is 38.5 Å². The van der Waals surface area contributed by atoms with E-state index in [1.807, 2.05) is 9.80 Å². The monoisotopic (exact) mass is 344 g/mol. The third kappa shape index (κ3) is 4.73. The second-order valence-electron chi connectivity index (χ2n) is 6.98. The van der Waals surface area contributed by atoms with Crippen LogP contribution >= 0.6 is 12.4 Å². The number of nitrogens with zero attached hydrogens (tertiary/aromatic N) is 2. The lowest BCUT2D eigenvalue weighted by Crippen LogP contribution is -2.48. The molecule has 2 saturated heterocycles. The topological polar surface area (TPSA) is 78.7 Å². The van der Waals surface area contributed by atoms with Gasteiger partial charge in [-0.15, -0.1) is 12.4 Å². The molecule has 3 aliphatic rings. The Kier molecular flexibility index (Phi) is 6.53. The summed E-state index contributed by atoms with van der Waals surface area (Å²) in [5.74, 6) is 0.763. The van der Waals surface area contributed by atoms with E-state index in [0.717, 1.165) is 38.8 Å². The van der Waals surface area contributed by atoms with Gasteiger partial charge in [-0.2, -0.15) is 0 Å². The molecule has 1 unspecified atom stereocenters. The number of rotatable bonds is 4. The maximum absolute atomic E-state index is 12.3. The van der Waals surface area contributed by atoms with Crippen molar-refractivity contribution in [2.24, 2.45) is 17.6 Å². The molecular weight excluding hydrogens is 316 g/mol. The van der Waals surface area contributed by atoms with Crippen molar-refractivity contribution in [2.45, 2.75) is 44.6 Å². The fraction of sp³-hybridized carbons (Fsp3) is 0.875. The Balaban J connectivity index is 0.00000192. The first-order valence-electron chi connectivity index (χ1n) is 8.72. The molecule has 0 spiro atoms. The van der Waals surface area contributed by atoms with Crippen LogP contribution in [0.25, 0.3) is 0 Å². The zero-order chi connectivity index (χ0) is 15.5. The minimum Gasteiger partial charge on any atom is -0.354 e. The lowest BCUT2D eigenvalue weighted by Gasteiger charge is -2.34. The van der Waals surface area contributed by atoms with Gasteiger partial charge in [0.05, 0.1) is 0 Å². The molecule has 0 aromatic carbocycles. The normalized spacial score (nSPS) is 23.3. The Bertz CT molecular complexity index is 416. The minimum atomic E-state index is 0. The Labute approximate surface area is 144 Å². The second kappa shape index (κ2) is 8.20. The summed E-state index contributed by atoms with van der Waals surface area (Å²) in [6.07, 6.45) is 6.17. The summed E-state index contributed by atoms with van der Waals surface area (Å²) in [5.41, 5.74) is 6.02. The first kappa shape index (κ1) is 18.3. The number of carbonyl (C=O) groups excluding carboxylic acids is 2. The molecule has 6 nitrogen and oxygen atoms in total. The SMILES string of the molecule is Cl.NC(CNC(=O)C1CCN(C(=O)N2CCCC2)CC1)C1CC1. The van der Waals surface area contributed by atoms with Gasteiger partial charge in [0.25, 0.3) is 0 Å². The number of urea groups is 1. The highest BCUT2D eigenvalue weighted by Crippen LogP contribution is 2.31. The molecule has 0 aromatic heterocycles. The number of carbonyl (C=O) groups is 2. The molecule has 132 valence electrons. The minimum absolute atomic E-state index is 0. The van der Waals surface area contributed by atoms with E-state index in [0.29, 0.717) is 25.6 Å². The van der Waals surface area contributed by atoms with Crippen LogP contribution in [0.15, 0.2) is 0 Å². The molecule has 2 heterocycles. The van der Waals surface area contributed by atoms with Crippen molar-refractivity contribution in [1.82, 2.24) is 15.1 Å². The number of nitrogens with one attached hydrogen (secondary N) is 1. The van der Waals surface area contributed by atoms with Crippen LogP contribution in [-0.4, -0.2) is 60.5 Å². The molecule has 3 rings (SSSR count). The van der Waals surface area contributed by atoms with Gasteiger partial charge in [0, 0.05) is 44.7 Å². The maximum atomic E-state index is 12.3.